The predicted molar refractivity (Wildman–Crippen MR) is 69.7 cm³/mol. The van der Waals surface area contributed by atoms with E-state index in [9.17, 15) is 4.79 Å². The molecule has 0 radical (unpaired) electrons. The van der Waals surface area contributed by atoms with Crippen molar-refractivity contribution in [2.24, 2.45) is 7.05 Å². The minimum absolute atomic E-state index is 0.00505. The lowest BCUT2D eigenvalue weighted by Crippen LogP contribution is -2.48. The zero-order chi connectivity index (χ0) is 13.2. The fraction of sp³-hybridized carbons (Fsp3) is 0.643. The molecular weight excluding hydrogens is 244 g/mol. The first-order valence-electron chi connectivity index (χ1n) is 6.88. The molecule has 5 nitrogen and oxygen atoms in total. The molecule has 0 unspecified atom stereocenters. The van der Waals surface area contributed by atoms with E-state index in [-0.39, 0.29) is 18.1 Å². The van der Waals surface area contributed by atoms with Crippen molar-refractivity contribution in [2.75, 3.05) is 26.4 Å². The van der Waals surface area contributed by atoms with Gasteiger partial charge in [0.15, 0.2) is 0 Å². The molecule has 0 N–H and O–H groups in total. The van der Waals surface area contributed by atoms with Gasteiger partial charge in [-0.2, -0.15) is 0 Å². The lowest BCUT2D eigenvalue weighted by atomic mass is 10.1. The highest BCUT2D eigenvalue weighted by molar-refractivity contribution is 5.81. The van der Waals surface area contributed by atoms with Crippen LogP contribution in [-0.2, 0) is 21.3 Å². The third-order valence-corrected chi connectivity index (χ3v) is 3.94. The van der Waals surface area contributed by atoms with Crippen molar-refractivity contribution in [1.29, 1.82) is 0 Å². The van der Waals surface area contributed by atoms with Gasteiger partial charge in [-0.25, -0.2) is 0 Å². The molecule has 0 bridgehead atoms. The molecule has 1 amide bonds. The van der Waals surface area contributed by atoms with Crippen molar-refractivity contribution >= 4 is 5.91 Å². The van der Waals surface area contributed by atoms with Crippen LogP contribution < -0.4 is 0 Å². The minimum atomic E-state index is -0.249. The largest absolute Gasteiger partial charge is 0.377 e. The second-order valence-corrected chi connectivity index (χ2v) is 5.17. The van der Waals surface area contributed by atoms with Crippen LogP contribution in [0.25, 0.3) is 0 Å². The maximum absolute atomic E-state index is 12.6. The molecule has 5 heteroatoms. The van der Waals surface area contributed by atoms with Crippen molar-refractivity contribution in [1.82, 2.24) is 9.47 Å². The molecule has 2 fully saturated rings. The standard InChI is InChI=1S/C14H20N2O3/c1-15-6-2-4-11(15)12-10-18-9-7-16(12)14(17)13-5-3-8-19-13/h2,4,6,12-13H,3,5,7-10H2,1H3/t12-,13+/m1/s1. The average Bonchev–Trinajstić information content (AvgIpc) is 3.09. The number of hydrogen-bond donors (Lipinski definition) is 0. The number of morpholine rings is 1. The molecule has 0 spiro atoms. The Balaban J connectivity index is 1.81. The quantitative estimate of drug-likeness (QED) is 0.803. The molecular formula is C14H20N2O3. The highest BCUT2D eigenvalue weighted by Crippen LogP contribution is 2.27. The molecule has 2 atom stereocenters. The number of aryl methyl sites for hydroxylation is 1. The SMILES string of the molecule is Cn1cccc1[C@H]1COCCN1C(=O)[C@@H]1CCCO1. The second kappa shape index (κ2) is 5.35. The molecule has 2 aliphatic rings. The van der Waals surface area contributed by atoms with E-state index in [0.29, 0.717) is 26.4 Å². The molecule has 19 heavy (non-hydrogen) atoms. The van der Waals surface area contributed by atoms with Gasteiger partial charge in [-0.15, -0.1) is 0 Å². The summed E-state index contributed by atoms with van der Waals surface area (Å²) in [7, 11) is 2.00. The predicted octanol–water partition coefficient (Wildman–Crippen LogP) is 1.10. The van der Waals surface area contributed by atoms with Gasteiger partial charge >= 0.3 is 0 Å². The van der Waals surface area contributed by atoms with Gasteiger partial charge in [0.1, 0.15) is 6.10 Å². The molecule has 1 aromatic rings. The number of carbonyl (C=O) groups is 1. The number of ether oxygens (including phenoxy) is 2. The van der Waals surface area contributed by atoms with E-state index in [1.54, 1.807) is 0 Å². The topological polar surface area (TPSA) is 43.7 Å². The van der Waals surface area contributed by atoms with Crippen LogP contribution in [0.4, 0.5) is 0 Å². The van der Waals surface area contributed by atoms with E-state index in [0.717, 1.165) is 18.5 Å². The van der Waals surface area contributed by atoms with Crippen LogP contribution in [0.15, 0.2) is 18.3 Å². The fourth-order valence-electron chi connectivity index (χ4n) is 2.89. The molecule has 3 heterocycles. The Bertz CT molecular complexity index is 451. The van der Waals surface area contributed by atoms with Crippen LogP contribution in [0, 0.1) is 0 Å². The highest BCUT2D eigenvalue weighted by Gasteiger charge is 2.35. The van der Waals surface area contributed by atoms with Crippen LogP contribution in [0.2, 0.25) is 0 Å². The van der Waals surface area contributed by atoms with E-state index in [1.165, 1.54) is 0 Å². The number of amides is 1. The van der Waals surface area contributed by atoms with E-state index in [2.05, 4.69) is 10.6 Å². The van der Waals surface area contributed by atoms with Gasteiger partial charge in [0.25, 0.3) is 5.91 Å². The van der Waals surface area contributed by atoms with Gasteiger partial charge < -0.3 is 18.9 Å². The van der Waals surface area contributed by atoms with Crippen molar-refractivity contribution in [3.63, 3.8) is 0 Å². The summed E-state index contributed by atoms with van der Waals surface area (Å²) >= 11 is 0. The zero-order valence-electron chi connectivity index (χ0n) is 11.2. The number of carbonyl (C=O) groups excluding carboxylic acids is 1. The highest BCUT2D eigenvalue weighted by atomic mass is 16.5. The summed E-state index contributed by atoms with van der Waals surface area (Å²) in [5, 5.41) is 0. The molecule has 2 aliphatic heterocycles. The summed E-state index contributed by atoms with van der Waals surface area (Å²) in [5.41, 5.74) is 1.12. The molecule has 0 aliphatic carbocycles. The van der Waals surface area contributed by atoms with Crippen LogP contribution in [0.3, 0.4) is 0 Å². The second-order valence-electron chi connectivity index (χ2n) is 5.17. The first-order valence-corrected chi connectivity index (χ1v) is 6.88. The van der Waals surface area contributed by atoms with E-state index < -0.39 is 0 Å². The lowest BCUT2D eigenvalue weighted by Gasteiger charge is -2.37. The maximum Gasteiger partial charge on any atom is 0.252 e. The fourth-order valence-corrected chi connectivity index (χ4v) is 2.89. The zero-order valence-corrected chi connectivity index (χ0v) is 11.2. The van der Waals surface area contributed by atoms with Crippen molar-refractivity contribution < 1.29 is 14.3 Å². The first kappa shape index (κ1) is 12.7. The monoisotopic (exact) mass is 264 g/mol. The summed E-state index contributed by atoms with van der Waals surface area (Å²) in [6, 6.07) is 4.05. The molecule has 0 saturated carbocycles. The molecule has 3 rings (SSSR count). The molecule has 0 aromatic carbocycles. The Morgan fingerprint density at radius 3 is 3.00 bits per heavy atom. The van der Waals surface area contributed by atoms with Gasteiger partial charge in [-0.1, -0.05) is 0 Å². The number of rotatable bonds is 2. The van der Waals surface area contributed by atoms with E-state index in [4.69, 9.17) is 9.47 Å². The third kappa shape index (κ3) is 2.40. The smallest absolute Gasteiger partial charge is 0.252 e. The van der Waals surface area contributed by atoms with Crippen molar-refractivity contribution in [3.8, 4) is 0 Å². The molecule has 2 saturated heterocycles. The van der Waals surface area contributed by atoms with Gasteiger partial charge in [0.2, 0.25) is 0 Å². The van der Waals surface area contributed by atoms with Gasteiger partial charge in [0.05, 0.1) is 19.3 Å². The summed E-state index contributed by atoms with van der Waals surface area (Å²) < 4.78 is 13.1. The summed E-state index contributed by atoms with van der Waals surface area (Å²) in [6.45, 7) is 2.53. The summed E-state index contributed by atoms with van der Waals surface area (Å²) in [6.07, 6.45) is 3.57. The van der Waals surface area contributed by atoms with Crippen LogP contribution >= 0.6 is 0 Å². The minimum Gasteiger partial charge on any atom is -0.377 e. The first-order chi connectivity index (χ1) is 9.27. The number of aromatic nitrogens is 1. The van der Waals surface area contributed by atoms with Crippen LogP contribution in [0.1, 0.15) is 24.6 Å². The summed E-state index contributed by atoms with van der Waals surface area (Å²) in [5.74, 6) is 0.118. The summed E-state index contributed by atoms with van der Waals surface area (Å²) in [4.78, 5) is 14.5. The Labute approximate surface area is 113 Å². The maximum atomic E-state index is 12.6. The molecule has 104 valence electrons. The van der Waals surface area contributed by atoms with Crippen LogP contribution in [0.5, 0.6) is 0 Å². The average molecular weight is 264 g/mol. The van der Waals surface area contributed by atoms with Gasteiger partial charge in [-0.3, -0.25) is 4.79 Å². The third-order valence-electron chi connectivity index (χ3n) is 3.94. The number of hydrogen-bond acceptors (Lipinski definition) is 3. The Morgan fingerprint density at radius 2 is 2.32 bits per heavy atom. The van der Waals surface area contributed by atoms with E-state index >= 15 is 0 Å². The van der Waals surface area contributed by atoms with Crippen molar-refractivity contribution in [2.45, 2.75) is 25.0 Å². The Hall–Kier alpha value is -1.33. The van der Waals surface area contributed by atoms with E-state index in [1.807, 2.05) is 24.2 Å². The normalized spacial score (nSPS) is 27.7. The Kier molecular flexibility index (Phi) is 3.57. The van der Waals surface area contributed by atoms with Crippen LogP contribution in [-0.4, -0.2) is 47.8 Å². The van der Waals surface area contributed by atoms with Crippen molar-refractivity contribution in [3.05, 3.63) is 24.0 Å². The Morgan fingerprint density at radius 1 is 1.42 bits per heavy atom. The lowest BCUT2D eigenvalue weighted by molar-refractivity contribution is -0.150. The van der Waals surface area contributed by atoms with Gasteiger partial charge in [0, 0.05) is 32.1 Å². The molecule has 1 aromatic heterocycles. The van der Waals surface area contributed by atoms with Gasteiger partial charge in [-0.05, 0) is 25.0 Å². The number of nitrogens with zero attached hydrogens (tertiary/aromatic N) is 2.